The Morgan fingerprint density at radius 3 is 2.14 bits per heavy atom. The lowest BCUT2D eigenvalue weighted by Gasteiger charge is -2.28. The summed E-state index contributed by atoms with van der Waals surface area (Å²) in [5.74, 6) is -3.11. The first-order valence-corrected chi connectivity index (χ1v) is 12.5. The van der Waals surface area contributed by atoms with Gasteiger partial charge < -0.3 is 10.6 Å². The maximum absolute atomic E-state index is 13.5. The molecule has 0 unspecified atom stereocenters. The van der Waals surface area contributed by atoms with Crippen LogP contribution in [-0.2, 0) is 20.8 Å². The summed E-state index contributed by atoms with van der Waals surface area (Å²) < 4.78 is 0. The zero-order chi connectivity index (χ0) is 26.7. The fourth-order valence-electron chi connectivity index (χ4n) is 3.78. The molecule has 3 amide bonds. The van der Waals surface area contributed by atoms with Gasteiger partial charge in [-0.05, 0) is 30.0 Å². The SMILES string of the molecule is CNC(=O)[C@H](Cc1ccccc1)NC(=O)[C@H](CC(C)C)[C@H](CSc1ccc([N+](=O)[O-])cc1)C(=O)NO. The number of hydrogen-bond donors (Lipinski definition) is 4. The second-order valence-corrected chi connectivity index (χ2v) is 9.84. The zero-order valence-electron chi connectivity index (χ0n) is 20.5. The first-order chi connectivity index (χ1) is 17.2. The van der Waals surface area contributed by atoms with Crippen molar-refractivity contribution in [1.29, 1.82) is 0 Å². The Hall–Kier alpha value is -3.44. The number of carbonyl (C=O) groups excluding carboxylic acids is 3. The Kier molecular flexibility index (Phi) is 11.4. The number of thioether (sulfide) groups is 1. The normalized spacial score (nSPS) is 13.4. The summed E-state index contributed by atoms with van der Waals surface area (Å²) in [4.78, 5) is 49.7. The van der Waals surface area contributed by atoms with Crippen molar-refractivity contribution in [2.45, 2.75) is 37.6 Å². The molecule has 0 bridgehead atoms. The van der Waals surface area contributed by atoms with Crippen LogP contribution in [0, 0.1) is 27.9 Å². The van der Waals surface area contributed by atoms with Crippen molar-refractivity contribution in [3.8, 4) is 0 Å². The number of hydrogen-bond acceptors (Lipinski definition) is 7. The van der Waals surface area contributed by atoms with Gasteiger partial charge >= 0.3 is 0 Å². The Labute approximate surface area is 214 Å². The third kappa shape index (κ3) is 8.65. The van der Waals surface area contributed by atoms with Crippen LogP contribution in [-0.4, -0.2) is 46.7 Å². The second-order valence-electron chi connectivity index (χ2n) is 8.75. The van der Waals surface area contributed by atoms with Crippen molar-refractivity contribution in [2.24, 2.45) is 17.8 Å². The van der Waals surface area contributed by atoms with Crippen molar-refractivity contribution in [1.82, 2.24) is 16.1 Å². The number of non-ortho nitro benzene ring substituents is 1. The number of nitrogens with one attached hydrogen (secondary N) is 3. The van der Waals surface area contributed by atoms with Gasteiger partial charge in [0.25, 0.3) is 5.69 Å². The summed E-state index contributed by atoms with van der Waals surface area (Å²) in [7, 11) is 1.49. The van der Waals surface area contributed by atoms with E-state index >= 15 is 0 Å². The number of nitro benzene ring substituents is 1. The van der Waals surface area contributed by atoms with E-state index in [-0.39, 0.29) is 29.7 Å². The van der Waals surface area contributed by atoms with Crippen LogP contribution < -0.4 is 16.1 Å². The lowest BCUT2D eigenvalue weighted by Crippen LogP contribution is -2.51. The van der Waals surface area contributed by atoms with Crippen LogP contribution >= 0.6 is 11.8 Å². The summed E-state index contributed by atoms with van der Waals surface area (Å²) >= 11 is 1.24. The molecule has 0 spiro atoms. The van der Waals surface area contributed by atoms with Gasteiger partial charge in [-0.15, -0.1) is 11.8 Å². The van der Waals surface area contributed by atoms with Crippen molar-refractivity contribution in [2.75, 3.05) is 12.8 Å². The molecule has 2 rings (SSSR count). The fourth-order valence-corrected chi connectivity index (χ4v) is 4.87. The number of likely N-dealkylation sites (N-methyl/N-ethyl adjacent to an activating group) is 1. The van der Waals surface area contributed by atoms with Crippen LogP contribution in [0.3, 0.4) is 0 Å². The van der Waals surface area contributed by atoms with E-state index in [1.807, 2.05) is 44.2 Å². The summed E-state index contributed by atoms with van der Waals surface area (Å²) in [6, 6.07) is 14.3. The Morgan fingerprint density at radius 1 is 0.972 bits per heavy atom. The molecule has 11 heteroatoms. The third-order valence-corrected chi connectivity index (χ3v) is 6.77. The fraction of sp³-hybridized carbons (Fsp3) is 0.400. The topological polar surface area (TPSA) is 151 Å². The average molecular weight is 517 g/mol. The Morgan fingerprint density at radius 2 is 1.61 bits per heavy atom. The minimum absolute atomic E-state index is 0.0479. The Balaban J connectivity index is 2.25. The number of rotatable bonds is 13. The summed E-state index contributed by atoms with van der Waals surface area (Å²) in [6.07, 6.45) is 0.617. The number of hydroxylamine groups is 1. The molecule has 2 aromatic carbocycles. The number of carbonyl (C=O) groups is 3. The minimum atomic E-state index is -0.917. The maximum Gasteiger partial charge on any atom is 0.269 e. The number of nitrogens with zero attached hydrogens (tertiary/aromatic N) is 1. The standard InChI is InChI=1S/C25H32N4O6S/c1-16(2)13-20(23(30)27-22(25(32)26-3)14-17-7-5-4-6-8-17)21(24(31)28-33)15-36-19-11-9-18(10-12-19)29(34)35/h4-12,16,20-22,33H,13-15H2,1-3H3,(H,26,32)(H,27,30)(H,28,31)/t20-,21+,22+/m1/s1. The van der Waals surface area contributed by atoms with E-state index in [0.717, 1.165) is 5.56 Å². The number of nitro groups is 1. The molecule has 0 aromatic heterocycles. The van der Waals surface area contributed by atoms with Crippen molar-refractivity contribution >= 4 is 35.2 Å². The number of benzene rings is 2. The highest BCUT2D eigenvalue weighted by Crippen LogP contribution is 2.30. The predicted octanol–water partition coefficient (Wildman–Crippen LogP) is 2.94. The molecule has 10 nitrogen and oxygen atoms in total. The molecule has 0 saturated heterocycles. The lowest BCUT2D eigenvalue weighted by atomic mass is 9.84. The molecule has 0 fully saturated rings. The quantitative estimate of drug-likeness (QED) is 0.138. The van der Waals surface area contributed by atoms with Crippen LogP contribution in [0.4, 0.5) is 5.69 Å². The van der Waals surface area contributed by atoms with Gasteiger partial charge in [-0.2, -0.15) is 0 Å². The van der Waals surface area contributed by atoms with Gasteiger partial charge in [-0.1, -0.05) is 44.2 Å². The molecule has 0 aliphatic heterocycles. The van der Waals surface area contributed by atoms with Crippen LogP contribution in [0.1, 0.15) is 25.8 Å². The van der Waals surface area contributed by atoms with Crippen LogP contribution in [0.5, 0.6) is 0 Å². The highest BCUT2D eigenvalue weighted by molar-refractivity contribution is 7.99. The predicted molar refractivity (Wildman–Crippen MR) is 136 cm³/mol. The zero-order valence-corrected chi connectivity index (χ0v) is 21.3. The van der Waals surface area contributed by atoms with Gasteiger partial charge in [0.1, 0.15) is 6.04 Å². The van der Waals surface area contributed by atoms with Crippen LogP contribution in [0.2, 0.25) is 0 Å². The largest absolute Gasteiger partial charge is 0.357 e. The average Bonchev–Trinajstić information content (AvgIpc) is 2.87. The molecule has 194 valence electrons. The van der Waals surface area contributed by atoms with Gasteiger partial charge in [-0.25, -0.2) is 5.48 Å². The van der Waals surface area contributed by atoms with Crippen LogP contribution in [0.25, 0.3) is 0 Å². The highest BCUT2D eigenvalue weighted by Gasteiger charge is 2.36. The molecular weight excluding hydrogens is 484 g/mol. The van der Waals surface area contributed by atoms with E-state index in [9.17, 15) is 29.7 Å². The maximum atomic E-state index is 13.5. The van der Waals surface area contributed by atoms with E-state index in [1.54, 1.807) is 17.6 Å². The summed E-state index contributed by atoms with van der Waals surface area (Å²) in [5.41, 5.74) is 2.47. The molecule has 0 radical (unpaired) electrons. The van der Waals surface area contributed by atoms with E-state index < -0.39 is 34.6 Å². The van der Waals surface area contributed by atoms with Gasteiger partial charge in [0.05, 0.1) is 16.8 Å². The smallest absolute Gasteiger partial charge is 0.269 e. The van der Waals surface area contributed by atoms with E-state index in [0.29, 0.717) is 11.3 Å². The van der Waals surface area contributed by atoms with Gasteiger partial charge in [0, 0.05) is 36.2 Å². The third-order valence-electron chi connectivity index (χ3n) is 5.63. The monoisotopic (exact) mass is 516 g/mol. The van der Waals surface area contributed by atoms with Gasteiger partial charge in [0.15, 0.2) is 0 Å². The van der Waals surface area contributed by atoms with Crippen LogP contribution in [0.15, 0.2) is 59.5 Å². The molecular formula is C25H32N4O6S. The first-order valence-electron chi connectivity index (χ1n) is 11.5. The molecule has 0 aliphatic carbocycles. The molecule has 0 heterocycles. The summed E-state index contributed by atoms with van der Waals surface area (Å²) in [6.45, 7) is 3.83. The van der Waals surface area contributed by atoms with Crippen molar-refractivity contribution in [3.05, 3.63) is 70.3 Å². The molecule has 3 atom stereocenters. The molecule has 2 aromatic rings. The lowest BCUT2D eigenvalue weighted by molar-refractivity contribution is -0.384. The van der Waals surface area contributed by atoms with Gasteiger partial charge in [-0.3, -0.25) is 29.7 Å². The van der Waals surface area contributed by atoms with Crippen molar-refractivity contribution < 1.29 is 24.5 Å². The minimum Gasteiger partial charge on any atom is -0.357 e. The molecule has 0 aliphatic rings. The molecule has 36 heavy (non-hydrogen) atoms. The number of amides is 3. The second kappa shape index (κ2) is 14.2. The summed E-state index contributed by atoms with van der Waals surface area (Å²) in [5, 5.41) is 25.6. The highest BCUT2D eigenvalue weighted by atomic mass is 32.2. The van der Waals surface area contributed by atoms with E-state index in [1.165, 1.54) is 30.9 Å². The molecule has 0 saturated carbocycles. The van der Waals surface area contributed by atoms with E-state index in [2.05, 4.69) is 10.6 Å². The van der Waals surface area contributed by atoms with Crippen molar-refractivity contribution in [3.63, 3.8) is 0 Å². The first kappa shape index (κ1) is 28.8. The Bertz CT molecular complexity index is 1030. The molecule has 4 N–H and O–H groups in total. The van der Waals surface area contributed by atoms with E-state index in [4.69, 9.17) is 0 Å². The van der Waals surface area contributed by atoms with Gasteiger partial charge in [0.2, 0.25) is 17.7 Å².